The summed E-state index contributed by atoms with van der Waals surface area (Å²) in [6.07, 6.45) is 5.49. The predicted octanol–water partition coefficient (Wildman–Crippen LogP) is 2.92. The lowest BCUT2D eigenvalue weighted by Crippen LogP contribution is -2.40. The predicted molar refractivity (Wildman–Crippen MR) is 100 cm³/mol. The van der Waals surface area contributed by atoms with Gasteiger partial charge in [0.15, 0.2) is 17.3 Å². The maximum atomic E-state index is 13.6. The molecule has 3 N–H and O–H groups in total. The number of amides is 1. The van der Waals surface area contributed by atoms with Crippen LogP contribution in [0.5, 0.6) is 0 Å². The average Bonchev–Trinajstić information content (AvgIpc) is 3.33. The van der Waals surface area contributed by atoms with Crippen LogP contribution in [0.4, 0.5) is 8.78 Å². The molecule has 2 aromatic rings. The normalized spacial score (nSPS) is 21.0. The quantitative estimate of drug-likeness (QED) is 0.834. The summed E-state index contributed by atoms with van der Waals surface area (Å²) in [5.41, 5.74) is 8.44. The molecular weight excluding hydrogens is 374 g/mol. The van der Waals surface area contributed by atoms with Crippen LogP contribution in [0.25, 0.3) is 5.69 Å². The molecule has 2 aliphatic carbocycles. The largest absolute Gasteiger partial charge is 0.348 e. The zero-order valence-corrected chi connectivity index (χ0v) is 15.7. The van der Waals surface area contributed by atoms with Gasteiger partial charge in [0.2, 0.25) is 0 Å². The van der Waals surface area contributed by atoms with Gasteiger partial charge in [-0.3, -0.25) is 4.79 Å². The van der Waals surface area contributed by atoms with Gasteiger partial charge in [-0.15, -0.1) is 12.4 Å². The molecule has 1 heterocycles. The Kier molecular flexibility index (Phi) is 5.81. The molecule has 1 amide bonds. The minimum Gasteiger partial charge on any atom is -0.348 e. The molecule has 8 heteroatoms. The van der Waals surface area contributed by atoms with Crippen LogP contribution in [0.1, 0.15) is 47.4 Å². The van der Waals surface area contributed by atoms with Crippen molar-refractivity contribution >= 4 is 18.3 Å². The van der Waals surface area contributed by atoms with E-state index < -0.39 is 11.6 Å². The zero-order chi connectivity index (χ0) is 18.3. The molecule has 1 fully saturated rings. The Morgan fingerprint density at radius 3 is 2.78 bits per heavy atom. The molecule has 146 valence electrons. The lowest BCUT2D eigenvalue weighted by atomic mass is 10.0. The summed E-state index contributed by atoms with van der Waals surface area (Å²) < 4.78 is 28.4. The summed E-state index contributed by atoms with van der Waals surface area (Å²) in [5.74, 6) is -1.72. The number of nitrogens with zero attached hydrogens (tertiary/aromatic N) is 2. The monoisotopic (exact) mass is 396 g/mol. The van der Waals surface area contributed by atoms with Crippen molar-refractivity contribution in [3.05, 3.63) is 46.8 Å². The van der Waals surface area contributed by atoms with E-state index in [0.717, 1.165) is 61.9 Å². The van der Waals surface area contributed by atoms with E-state index >= 15 is 0 Å². The van der Waals surface area contributed by atoms with E-state index in [1.165, 1.54) is 6.07 Å². The van der Waals surface area contributed by atoms with E-state index in [9.17, 15) is 13.6 Å². The molecule has 2 unspecified atom stereocenters. The Morgan fingerprint density at radius 1 is 1.22 bits per heavy atom. The minimum atomic E-state index is -0.924. The second-order valence-corrected chi connectivity index (χ2v) is 7.14. The molecule has 4 rings (SSSR count). The van der Waals surface area contributed by atoms with Crippen molar-refractivity contribution < 1.29 is 13.6 Å². The van der Waals surface area contributed by atoms with Gasteiger partial charge in [0, 0.05) is 23.4 Å². The van der Waals surface area contributed by atoms with Gasteiger partial charge in [0.1, 0.15) is 0 Å². The molecule has 0 saturated heterocycles. The lowest BCUT2D eigenvalue weighted by molar-refractivity contribution is 0.0922. The molecule has 0 aliphatic heterocycles. The van der Waals surface area contributed by atoms with Crippen molar-refractivity contribution in [2.45, 2.75) is 44.6 Å². The van der Waals surface area contributed by atoms with Crippen molar-refractivity contribution in [3.63, 3.8) is 0 Å². The molecule has 5 nitrogen and oxygen atoms in total. The van der Waals surface area contributed by atoms with Crippen LogP contribution in [-0.2, 0) is 12.8 Å². The number of fused-ring (bicyclic) bond motifs is 1. The highest BCUT2D eigenvalue weighted by atomic mass is 35.5. The number of halogens is 3. The van der Waals surface area contributed by atoms with E-state index in [1.54, 1.807) is 4.68 Å². The van der Waals surface area contributed by atoms with Gasteiger partial charge < -0.3 is 11.1 Å². The first-order chi connectivity index (χ1) is 12.6. The van der Waals surface area contributed by atoms with Gasteiger partial charge in [0.05, 0.1) is 5.69 Å². The zero-order valence-electron chi connectivity index (χ0n) is 14.9. The number of carbonyl (C=O) groups is 1. The van der Waals surface area contributed by atoms with Crippen molar-refractivity contribution in [1.29, 1.82) is 0 Å². The minimum absolute atomic E-state index is 0. The van der Waals surface area contributed by atoms with Gasteiger partial charge in [-0.2, -0.15) is 5.10 Å². The van der Waals surface area contributed by atoms with Crippen molar-refractivity contribution in [2.75, 3.05) is 6.54 Å². The highest BCUT2D eigenvalue weighted by Crippen LogP contribution is 2.29. The molecule has 1 saturated carbocycles. The van der Waals surface area contributed by atoms with Crippen LogP contribution in [0.15, 0.2) is 18.2 Å². The molecule has 1 aromatic carbocycles. The van der Waals surface area contributed by atoms with Gasteiger partial charge in [-0.25, -0.2) is 13.5 Å². The van der Waals surface area contributed by atoms with Gasteiger partial charge >= 0.3 is 0 Å². The van der Waals surface area contributed by atoms with Crippen molar-refractivity contribution in [2.24, 2.45) is 11.7 Å². The SMILES string of the molecule is Cl.NCC1CCCC1NC(=O)c1nn(-c2ccc(F)c(F)c2)c2c1CCC2. The van der Waals surface area contributed by atoms with Crippen molar-refractivity contribution in [1.82, 2.24) is 15.1 Å². The van der Waals surface area contributed by atoms with Crippen LogP contribution in [0.3, 0.4) is 0 Å². The fourth-order valence-electron chi connectivity index (χ4n) is 4.20. The second-order valence-electron chi connectivity index (χ2n) is 7.14. The maximum absolute atomic E-state index is 13.6. The van der Waals surface area contributed by atoms with E-state index in [1.807, 2.05) is 0 Å². The van der Waals surface area contributed by atoms with Crippen LogP contribution < -0.4 is 11.1 Å². The number of nitrogens with two attached hydrogens (primary N) is 1. The number of hydrogen-bond acceptors (Lipinski definition) is 3. The Balaban J connectivity index is 0.00000210. The third-order valence-corrected chi connectivity index (χ3v) is 5.57. The molecule has 0 spiro atoms. The second kappa shape index (κ2) is 7.94. The van der Waals surface area contributed by atoms with Gasteiger partial charge in [0.25, 0.3) is 5.91 Å². The fraction of sp³-hybridized carbons (Fsp3) is 0.474. The Bertz CT molecular complexity index is 854. The highest BCUT2D eigenvalue weighted by Gasteiger charge is 2.31. The molecular formula is C19H23ClF2N4O. The van der Waals surface area contributed by atoms with E-state index in [-0.39, 0.29) is 24.4 Å². The number of hydrogen-bond donors (Lipinski definition) is 2. The summed E-state index contributed by atoms with van der Waals surface area (Å²) >= 11 is 0. The maximum Gasteiger partial charge on any atom is 0.272 e. The van der Waals surface area contributed by atoms with Crippen LogP contribution in [0, 0.1) is 17.6 Å². The lowest BCUT2D eigenvalue weighted by Gasteiger charge is -2.19. The van der Waals surface area contributed by atoms with Crippen LogP contribution in [-0.4, -0.2) is 28.3 Å². The number of rotatable bonds is 4. The fourth-order valence-corrected chi connectivity index (χ4v) is 4.20. The summed E-state index contributed by atoms with van der Waals surface area (Å²) in [6, 6.07) is 3.76. The van der Waals surface area contributed by atoms with Gasteiger partial charge in [-0.1, -0.05) is 6.42 Å². The van der Waals surface area contributed by atoms with Crippen LogP contribution in [0.2, 0.25) is 0 Å². The number of benzene rings is 1. The molecule has 2 aliphatic rings. The topological polar surface area (TPSA) is 72.9 Å². The standard InChI is InChI=1S/C19H22F2N4O.ClH/c20-14-8-7-12(9-15(14)21)25-17-6-2-4-13(17)18(24-25)19(26)23-16-5-1-3-11(16)10-22;/h7-9,11,16H,1-6,10,22H2,(H,23,26);1H. The molecule has 0 radical (unpaired) electrons. The number of carbonyl (C=O) groups excluding carboxylic acids is 1. The first kappa shape index (κ1) is 19.8. The molecule has 1 aromatic heterocycles. The summed E-state index contributed by atoms with van der Waals surface area (Å²) in [5, 5.41) is 7.53. The summed E-state index contributed by atoms with van der Waals surface area (Å²) in [4.78, 5) is 12.8. The molecule has 27 heavy (non-hydrogen) atoms. The van der Waals surface area contributed by atoms with Crippen LogP contribution >= 0.6 is 12.4 Å². The molecule has 2 atom stereocenters. The smallest absolute Gasteiger partial charge is 0.272 e. The highest BCUT2D eigenvalue weighted by molar-refractivity contribution is 5.94. The first-order valence-corrected chi connectivity index (χ1v) is 9.15. The van der Waals surface area contributed by atoms with E-state index in [2.05, 4.69) is 10.4 Å². The summed E-state index contributed by atoms with van der Waals surface area (Å²) in [6.45, 7) is 0.562. The summed E-state index contributed by atoms with van der Waals surface area (Å²) in [7, 11) is 0. The van der Waals surface area contributed by atoms with Gasteiger partial charge in [-0.05, 0) is 56.7 Å². The first-order valence-electron chi connectivity index (χ1n) is 9.15. The van der Waals surface area contributed by atoms with Crippen molar-refractivity contribution in [3.8, 4) is 5.69 Å². The third kappa shape index (κ3) is 3.58. The Hall–Kier alpha value is -1.99. The van der Waals surface area contributed by atoms with E-state index in [4.69, 9.17) is 5.73 Å². The Labute approximate surface area is 162 Å². The Morgan fingerprint density at radius 2 is 2.04 bits per heavy atom. The molecule has 0 bridgehead atoms. The average molecular weight is 397 g/mol. The number of nitrogens with one attached hydrogen (secondary N) is 1. The van der Waals surface area contributed by atoms with E-state index in [0.29, 0.717) is 23.8 Å². The third-order valence-electron chi connectivity index (χ3n) is 5.57. The number of aromatic nitrogens is 2.